The Morgan fingerprint density at radius 1 is 1.25 bits per heavy atom. The van der Waals surface area contributed by atoms with Gasteiger partial charge in [-0.3, -0.25) is 4.79 Å². The van der Waals surface area contributed by atoms with Gasteiger partial charge in [-0.15, -0.1) is 0 Å². The smallest absolute Gasteiger partial charge is 0.250 e. The van der Waals surface area contributed by atoms with E-state index < -0.39 is 5.91 Å². The van der Waals surface area contributed by atoms with E-state index in [4.69, 9.17) is 11.5 Å². The summed E-state index contributed by atoms with van der Waals surface area (Å²) >= 11 is 0. The van der Waals surface area contributed by atoms with Gasteiger partial charge in [0.15, 0.2) is 0 Å². The number of carbonyl (C=O) groups excluding carboxylic acids is 1. The molecule has 1 aliphatic rings. The van der Waals surface area contributed by atoms with Crippen LogP contribution in [0.2, 0.25) is 0 Å². The van der Waals surface area contributed by atoms with Crippen LogP contribution in [0.5, 0.6) is 0 Å². The zero-order chi connectivity index (χ0) is 14.5. The van der Waals surface area contributed by atoms with Crippen molar-refractivity contribution >= 4 is 17.3 Å². The highest BCUT2D eigenvalue weighted by Gasteiger charge is 2.19. The molecule has 1 aromatic rings. The second-order valence-corrected chi connectivity index (χ2v) is 5.84. The van der Waals surface area contributed by atoms with Crippen molar-refractivity contribution in [2.24, 2.45) is 17.6 Å². The van der Waals surface area contributed by atoms with Gasteiger partial charge in [0, 0.05) is 17.9 Å². The Labute approximate surface area is 120 Å². The average molecular weight is 275 g/mol. The van der Waals surface area contributed by atoms with Crippen LogP contribution < -0.4 is 16.8 Å². The lowest BCUT2D eigenvalue weighted by atomic mass is 9.81. The fourth-order valence-corrected chi connectivity index (χ4v) is 2.99. The Morgan fingerprint density at radius 3 is 2.50 bits per heavy atom. The highest BCUT2D eigenvalue weighted by molar-refractivity contribution is 5.98. The largest absolute Gasteiger partial charge is 0.398 e. The molecule has 2 rings (SSSR count). The van der Waals surface area contributed by atoms with Crippen molar-refractivity contribution in [1.29, 1.82) is 0 Å². The number of nitrogen functional groups attached to an aromatic ring is 1. The Bertz CT molecular complexity index is 465. The topological polar surface area (TPSA) is 81.1 Å². The second kappa shape index (κ2) is 6.64. The highest BCUT2D eigenvalue weighted by atomic mass is 16.1. The lowest BCUT2D eigenvalue weighted by molar-refractivity contribution is 0.100. The van der Waals surface area contributed by atoms with E-state index >= 15 is 0 Å². The molecule has 0 spiro atoms. The maximum Gasteiger partial charge on any atom is 0.250 e. The van der Waals surface area contributed by atoms with Gasteiger partial charge in [0.25, 0.3) is 5.91 Å². The van der Waals surface area contributed by atoms with Gasteiger partial charge in [0.1, 0.15) is 0 Å². The molecule has 5 N–H and O–H groups in total. The maximum absolute atomic E-state index is 11.3. The summed E-state index contributed by atoms with van der Waals surface area (Å²) in [5, 5.41) is 3.41. The Balaban J connectivity index is 1.88. The van der Waals surface area contributed by atoms with Crippen LogP contribution in [0.3, 0.4) is 0 Å². The predicted molar refractivity (Wildman–Crippen MR) is 83.6 cm³/mol. The van der Waals surface area contributed by atoms with E-state index in [9.17, 15) is 4.79 Å². The molecule has 1 amide bonds. The second-order valence-electron chi connectivity index (χ2n) is 5.84. The number of primary amides is 1. The van der Waals surface area contributed by atoms with Crippen molar-refractivity contribution in [3.8, 4) is 0 Å². The molecule has 0 radical (unpaired) electrons. The fraction of sp³-hybridized carbons (Fsp3) is 0.562. The molecule has 1 fully saturated rings. The van der Waals surface area contributed by atoms with Crippen molar-refractivity contribution in [3.05, 3.63) is 23.8 Å². The van der Waals surface area contributed by atoms with Crippen LogP contribution in [0.15, 0.2) is 18.2 Å². The monoisotopic (exact) mass is 275 g/mol. The molecule has 0 bridgehead atoms. The summed E-state index contributed by atoms with van der Waals surface area (Å²) in [7, 11) is 0. The Hall–Kier alpha value is -1.71. The van der Waals surface area contributed by atoms with Crippen LogP contribution in [-0.2, 0) is 0 Å². The lowest BCUT2D eigenvalue weighted by Crippen LogP contribution is -2.21. The summed E-state index contributed by atoms with van der Waals surface area (Å²) in [6.07, 6.45) is 6.58. The first-order chi connectivity index (χ1) is 9.60. The molecule has 1 aliphatic carbocycles. The number of nitrogens with one attached hydrogen (secondary N) is 1. The number of carbonyl (C=O) groups is 1. The molecular formula is C16H25N3O. The molecule has 4 nitrogen and oxygen atoms in total. The van der Waals surface area contributed by atoms with Crippen LogP contribution in [0, 0.1) is 11.8 Å². The van der Waals surface area contributed by atoms with Crippen molar-refractivity contribution in [1.82, 2.24) is 0 Å². The van der Waals surface area contributed by atoms with E-state index in [1.807, 2.05) is 6.07 Å². The minimum atomic E-state index is -0.477. The number of hydrogen-bond donors (Lipinski definition) is 3. The minimum Gasteiger partial charge on any atom is -0.398 e. The molecule has 0 heterocycles. The van der Waals surface area contributed by atoms with Gasteiger partial charge in [0.05, 0.1) is 5.56 Å². The van der Waals surface area contributed by atoms with Crippen molar-refractivity contribution in [2.45, 2.75) is 39.0 Å². The standard InChI is InChI=1S/C16H25N3O/c1-2-11-3-5-12(6-4-11)10-19-13-7-8-15(17)14(9-13)16(18)20/h7-9,11-12,19H,2-6,10,17H2,1H3,(H2,18,20). The molecular weight excluding hydrogens is 250 g/mol. The summed E-state index contributed by atoms with van der Waals surface area (Å²) in [5.74, 6) is 1.17. The van der Waals surface area contributed by atoms with E-state index in [1.165, 1.54) is 32.1 Å². The lowest BCUT2D eigenvalue weighted by Gasteiger charge is -2.28. The first kappa shape index (κ1) is 14.7. The molecule has 0 aliphatic heterocycles. The van der Waals surface area contributed by atoms with Gasteiger partial charge >= 0.3 is 0 Å². The molecule has 1 saturated carbocycles. The summed E-state index contributed by atoms with van der Waals surface area (Å²) in [6.45, 7) is 3.24. The van der Waals surface area contributed by atoms with Crippen LogP contribution in [0.25, 0.3) is 0 Å². The van der Waals surface area contributed by atoms with Crippen LogP contribution in [0.1, 0.15) is 49.4 Å². The van der Waals surface area contributed by atoms with Crippen LogP contribution >= 0.6 is 0 Å². The third-order valence-corrected chi connectivity index (χ3v) is 4.46. The van der Waals surface area contributed by atoms with Crippen molar-refractivity contribution < 1.29 is 4.79 Å². The molecule has 110 valence electrons. The quantitative estimate of drug-likeness (QED) is 0.722. The summed E-state index contributed by atoms with van der Waals surface area (Å²) in [6, 6.07) is 5.38. The normalized spacial score (nSPS) is 22.4. The van der Waals surface area contributed by atoms with Gasteiger partial charge in [0.2, 0.25) is 0 Å². The molecule has 1 aromatic carbocycles. The van der Waals surface area contributed by atoms with Gasteiger partial charge in [-0.05, 0) is 42.9 Å². The van der Waals surface area contributed by atoms with Gasteiger partial charge in [-0.2, -0.15) is 0 Å². The Kier molecular flexibility index (Phi) is 4.88. The van der Waals surface area contributed by atoms with Crippen molar-refractivity contribution in [3.63, 3.8) is 0 Å². The molecule has 0 aromatic heterocycles. The van der Waals surface area contributed by atoms with Gasteiger partial charge in [-0.1, -0.05) is 26.2 Å². The third-order valence-electron chi connectivity index (χ3n) is 4.46. The van der Waals surface area contributed by atoms with Crippen molar-refractivity contribution in [2.75, 3.05) is 17.6 Å². The third kappa shape index (κ3) is 3.65. The molecule has 0 atom stereocenters. The minimum absolute atomic E-state index is 0.393. The molecule has 0 saturated heterocycles. The number of amides is 1. The Morgan fingerprint density at radius 2 is 1.90 bits per heavy atom. The predicted octanol–water partition coefficient (Wildman–Crippen LogP) is 3.00. The van der Waals surface area contributed by atoms with E-state index in [-0.39, 0.29) is 0 Å². The number of hydrogen-bond acceptors (Lipinski definition) is 3. The molecule has 0 unspecified atom stereocenters. The van der Waals surface area contributed by atoms with Crippen LogP contribution in [0.4, 0.5) is 11.4 Å². The van der Waals surface area contributed by atoms with E-state index in [0.717, 1.165) is 24.1 Å². The zero-order valence-electron chi connectivity index (χ0n) is 12.2. The SMILES string of the molecule is CCC1CCC(CNc2ccc(N)c(C(N)=O)c2)CC1. The number of nitrogens with two attached hydrogens (primary N) is 2. The number of rotatable bonds is 5. The van der Waals surface area contributed by atoms with E-state index in [2.05, 4.69) is 12.2 Å². The summed E-state index contributed by atoms with van der Waals surface area (Å²) < 4.78 is 0. The van der Waals surface area contributed by atoms with Crippen LogP contribution in [-0.4, -0.2) is 12.5 Å². The highest BCUT2D eigenvalue weighted by Crippen LogP contribution is 2.30. The van der Waals surface area contributed by atoms with Gasteiger partial charge in [-0.25, -0.2) is 0 Å². The number of anilines is 2. The molecule has 4 heteroatoms. The zero-order valence-corrected chi connectivity index (χ0v) is 12.2. The fourth-order valence-electron chi connectivity index (χ4n) is 2.99. The maximum atomic E-state index is 11.3. The van der Waals surface area contributed by atoms with Gasteiger partial charge < -0.3 is 16.8 Å². The summed E-state index contributed by atoms with van der Waals surface area (Å²) in [4.78, 5) is 11.3. The first-order valence-electron chi connectivity index (χ1n) is 7.53. The van der Waals surface area contributed by atoms with E-state index in [1.54, 1.807) is 12.1 Å². The van der Waals surface area contributed by atoms with E-state index in [0.29, 0.717) is 11.3 Å². The first-order valence-corrected chi connectivity index (χ1v) is 7.53. The summed E-state index contributed by atoms with van der Waals surface area (Å²) in [5.41, 5.74) is 12.8. The molecule has 20 heavy (non-hydrogen) atoms. The number of benzene rings is 1. The average Bonchev–Trinajstić information content (AvgIpc) is 2.46.